The number of rotatable bonds is 4. The van der Waals surface area contributed by atoms with Crippen LogP contribution in [-0.2, 0) is 0 Å². The van der Waals surface area contributed by atoms with E-state index >= 15 is 0 Å². The summed E-state index contributed by atoms with van der Waals surface area (Å²) >= 11 is 0. The van der Waals surface area contributed by atoms with Crippen LogP contribution >= 0.6 is 0 Å². The van der Waals surface area contributed by atoms with Gasteiger partial charge in [-0.25, -0.2) is 0 Å². The average Bonchev–Trinajstić information content (AvgIpc) is 3.60. The molecule has 1 atom stereocenters. The van der Waals surface area contributed by atoms with Gasteiger partial charge in [-0.05, 0) is 71.7 Å². The van der Waals surface area contributed by atoms with Crippen LogP contribution in [0, 0.1) is 34.0 Å². The second-order valence-corrected chi connectivity index (χ2v) is 13.0. The number of benzene rings is 5. The van der Waals surface area contributed by atoms with Crippen molar-refractivity contribution in [1.29, 1.82) is 15.8 Å². The van der Waals surface area contributed by atoms with Crippen molar-refractivity contribution in [2.75, 3.05) is 0 Å². The Morgan fingerprint density at radius 2 is 1.39 bits per heavy atom. The molecule has 0 spiro atoms. The molecule has 51 heavy (non-hydrogen) atoms. The summed E-state index contributed by atoms with van der Waals surface area (Å²) in [5, 5.41) is 33.7. The molecule has 2 heterocycles. The van der Waals surface area contributed by atoms with Crippen molar-refractivity contribution >= 4 is 50.4 Å². The van der Waals surface area contributed by atoms with Gasteiger partial charge in [0.2, 0.25) is 0 Å². The molecule has 0 aliphatic heterocycles. The molecule has 5 heteroatoms. The molecule has 0 radical (unpaired) electrons. The van der Waals surface area contributed by atoms with Gasteiger partial charge in [0.05, 0.1) is 45.5 Å². The highest BCUT2D eigenvalue weighted by molar-refractivity contribution is 6.09. The van der Waals surface area contributed by atoms with Gasteiger partial charge in [0.15, 0.2) is 0 Å². The van der Waals surface area contributed by atoms with E-state index in [1.54, 1.807) is 0 Å². The first-order valence-electron chi connectivity index (χ1n) is 17.0. The van der Waals surface area contributed by atoms with Crippen LogP contribution in [0.2, 0.25) is 0 Å². The second-order valence-electron chi connectivity index (χ2n) is 13.0. The summed E-state index contributed by atoms with van der Waals surface area (Å²) in [5.74, 6) is 0.0308. The highest BCUT2D eigenvalue weighted by atomic mass is 15.0. The SMILES string of the molecule is N#CC1=Cc2c(n(-c3cccc(C4=CC(c5ccccc5-n5c6ccccc6c6ccccc65)CC=C4C#N)c3)c3c(C#N)cccc23)C=CC1. The molecule has 238 valence electrons. The number of fused-ring (bicyclic) bond motifs is 6. The van der Waals surface area contributed by atoms with Gasteiger partial charge in [-0.2, -0.15) is 15.8 Å². The summed E-state index contributed by atoms with van der Waals surface area (Å²) in [6.45, 7) is 0. The van der Waals surface area contributed by atoms with E-state index in [0.29, 0.717) is 29.6 Å². The first kappa shape index (κ1) is 30.0. The summed E-state index contributed by atoms with van der Waals surface area (Å²) < 4.78 is 4.49. The predicted molar refractivity (Wildman–Crippen MR) is 205 cm³/mol. The minimum Gasteiger partial charge on any atom is -0.309 e. The first-order chi connectivity index (χ1) is 25.2. The van der Waals surface area contributed by atoms with E-state index in [4.69, 9.17) is 0 Å². The fraction of sp³-hybridized carbons (Fsp3) is 0.0652. The predicted octanol–water partition coefficient (Wildman–Crippen LogP) is 10.9. The molecule has 0 saturated carbocycles. The molecule has 2 aliphatic rings. The van der Waals surface area contributed by atoms with Gasteiger partial charge in [0.25, 0.3) is 0 Å². The van der Waals surface area contributed by atoms with E-state index < -0.39 is 0 Å². The lowest BCUT2D eigenvalue weighted by atomic mass is 9.83. The highest BCUT2D eigenvalue weighted by Crippen LogP contribution is 2.42. The van der Waals surface area contributed by atoms with Crippen LogP contribution in [-0.4, -0.2) is 9.13 Å². The fourth-order valence-corrected chi connectivity index (χ4v) is 7.95. The second kappa shape index (κ2) is 12.1. The van der Waals surface area contributed by atoms with Crippen LogP contribution in [0.4, 0.5) is 0 Å². The number of aromatic nitrogens is 2. The minimum absolute atomic E-state index is 0.0308. The van der Waals surface area contributed by atoms with Crippen LogP contribution in [0.15, 0.2) is 145 Å². The van der Waals surface area contributed by atoms with Crippen molar-refractivity contribution in [3.05, 3.63) is 173 Å². The largest absolute Gasteiger partial charge is 0.309 e. The van der Waals surface area contributed by atoms with Gasteiger partial charge < -0.3 is 9.13 Å². The van der Waals surface area contributed by atoms with Crippen molar-refractivity contribution in [2.24, 2.45) is 0 Å². The lowest BCUT2D eigenvalue weighted by Crippen LogP contribution is -2.08. The monoisotopic (exact) mass is 651 g/mol. The lowest BCUT2D eigenvalue weighted by Gasteiger charge is -2.23. The van der Waals surface area contributed by atoms with Gasteiger partial charge in [0, 0.05) is 51.0 Å². The van der Waals surface area contributed by atoms with Gasteiger partial charge in [0.1, 0.15) is 6.07 Å². The normalized spacial score (nSPS) is 15.3. The maximum atomic E-state index is 10.4. The van der Waals surface area contributed by atoms with E-state index in [1.165, 1.54) is 16.3 Å². The Morgan fingerprint density at radius 3 is 2.16 bits per heavy atom. The Kier molecular flexibility index (Phi) is 7.10. The average molecular weight is 652 g/mol. The number of nitriles is 3. The smallest absolute Gasteiger partial charge is 0.101 e. The van der Waals surface area contributed by atoms with Crippen LogP contribution in [0.25, 0.3) is 61.8 Å². The topological polar surface area (TPSA) is 81.2 Å². The molecule has 1 unspecified atom stereocenters. The van der Waals surface area contributed by atoms with Crippen molar-refractivity contribution < 1.29 is 0 Å². The third-order valence-electron chi connectivity index (χ3n) is 10.2. The Morgan fingerprint density at radius 1 is 0.667 bits per heavy atom. The molecule has 0 amide bonds. The summed E-state index contributed by atoms with van der Waals surface area (Å²) in [7, 11) is 0. The Balaban J connectivity index is 1.21. The van der Waals surface area contributed by atoms with Gasteiger partial charge in [-0.1, -0.05) is 97.1 Å². The number of hydrogen-bond acceptors (Lipinski definition) is 3. The number of allylic oxidation sites excluding steroid dienone is 6. The minimum atomic E-state index is 0.0308. The van der Waals surface area contributed by atoms with Crippen LogP contribution in [0.3, 0.4) is 0 Å². The highest BCUT2D eigenvalue weighted by Gasteiger charge is 2.24. The molecular formula is C46H29N5. The van der Waals surface area contributed by atoms with Crippen molar-refractivity contribution in [3.63, 3.8) is 0 Å². The zero-order chi connectivity index (χ0) is 34.5. The molecule has 9 rings (SSSR count). The van der Waals surface area contributed by atoms with E-state index in [1.807, 2.05) is 48.6 Å². The Labute approximate surface area is 295 Å². The van der Waals surface area contributed by atoms with E-state index in [-0.39, 0.29) is 5.92 Å². The van der Waals surface area contributed by atoms with Crippen molar-refractivity contribution in [3.8, 4) is 29.6 Å². The molecule has 0 bridgehead atoms. The summed E-state index contributed by atoms with van der Waals surface area (Å²) in [6, 6.07) is 46.9. The molecule has 0 saturated heterocycles. The molecule has 5 aromatic carbocycles. The van der Waals surface area contributed by atoms with Crippen LogP contribution in [0.5, 0.6) is 0 Å². The zero-order valence-electron chi connectivity index (χ0n) is 27.6. The van der Waals surface area contributed by atoms with Gasteiger partial charge in [-0.3, -0.25) is 0 Å². The van der Waals surface area contributed by atoms with E-state index in [2.05, 4.69) is 124 Å². The van der Waals surface area contributed by atoms with Crippen LogP contribution in [0.1, 0.15) is 46.7 Å². The molecule has 0 fully saturated rings. The maximum absolute atomic E-state index is 10.4. The van der Waals surface area contributed by atoms with Crippen LogP contribution < -0.4 is 0 Å². The Bertz CT molecular complexity index is 2790. The molecule has 7 aromatic rings. The summed E-state index contributed by atoms with van der Waals surface area (Å²) in [6.07, 6.45) is 11.6. The standard InChI is InChI=1S/C46H29N5/c47-27-30-10-7-21-45-41(24-30)39-17-9-12-34(29-49)46(39)50(45)35-13-8-11-31(25-35)40-26-32(22-23-33(40)28-48)36-14-1-4-18-42(36)51-43-19-5-2-15-37(43)38-16-3-6-20-44(38)51/h1-9,11-21,23-26,32H,10,22H2. The maximum Gasteiger partial charge on any atom is 0.101 e. The number of para-hydroxylation sites is 4. The Hall–Kier alpha value is -7.13. The fourth-order valence-electron chi connectivity index (χ4n) is 7.95. The molecule has 5 nitrogen and oxygen atoms in total. The van der Waals surface area contributed by atoms with Gasteiger partial charge in [-0.15, -0.1) is 0 Å². The number of nitrogens with zero attached hydrogens (tertiary/aromatic N) is 5. The zero-order valence-corrected chi connectivity index (χ0v) is 27.6. The van der Waals surface area contributed by atoms with Crippen molar-refractivity contribution in [1.82, 2.24) is 9.13 Å². The third-order valence-corrected chi connectivity index (χ3v) is 10.2. The van der Waals surface area contributed by atoms with E-state index in [0.717, 1.165) is 55.7 Å². The molecular weight excluding hydrogens is 623 g/mol. The quantitative estimate of drug-likeness (QED) is 0.190. The summed E-state index contributed by atoms with van der Waals surface area (Å²) in [4.78, 5) is 0. The summed E-state index contributed by atoms with van der Waals surface area (Å²) in [5.41, 5.74) is 11.8. The lowest BCUT2D eigenvalue weighted by molar-refractivity contribution is 0.842. The van der Waals surface area contributed by atoms with Crippen molar-refractivity contribution in [2.45, 2.75) is 18.8 Å². The molecule has 2 aliphatic carbocycles. The molecule has 2 aromatic heterocycles. The third kappa shape index (κ3) is 4.74. The van der Waals surface area contributed by atoms with E-state index in [9.17, 15) is 15.8 Å². The molecule has 0 N–H and O–H groups in total. The number of hydrogen-bond donors (Lipinski definition) is 0. The van der Waals surface area contributed by atoms with Gasteiger partial charge >= 0.3 is 0 Å². The first-order valence-corrected chi connectivity index (χ1v) is 17.0.